The Hall–Kier alpha value is -0.570. The number of morpholine rings is 1. The van der Waals surface area contributed by atoms with Crippen LogP contribution < -0.4 is 0 Å². The van der Waals surface area contributed by atoms with Crippen molar-refractivity contribution in [3.8, 4) is 0 Å². The lowest BCUT2D eigenvalue weighted by atomic mass is 10.2. The zero-order valence-corrected chi connectivity index (χ0v) is 7.17. The number of rotatable bonds is 2. The maximum atomic E-state index is 10.8. The van der Waals surface area contributed by atoms with Crippen LogP contribution in [0.15, 0.2) is 0 Å². The predicted molar refractivity (Wildman–Crippen MR) is 42.3 cm³/mol. The first kappa shape index (κ1) is 8.53. The van der Waals surface area contributed by atoms with Gasteiger partial charge in [0.15, 0.2) is 0 Å². The topological polar surface area (TPSA) is 29.5 Å². The van der Waals surface area contributed by atoms with Crippen molar-refractivity contribution in [3.63, 3.8) is 0 Å². The fourth-order valence-corrected chi connectivity index (χ4v) is 1.27. The minimum absolute atomic E-state index is 0.0865. The molecular weight excluding hydrogens is 142 g/mol. The van der Waals surface area contributed by atoms with E-state index < -0.39 is 0 Å². The molecule has 0 radical (unpaired) electrons. The molecule has 64 valence electrons. The molecule has 1 aliphatic rings. The fraction of sp³-hybridized carbons (Fsp3) is 0.875. The van der Waals surface area contributed by atoms with Crippen molar-refractivity contribution < 1.29 is 9.53 Å². The van der Waals surface area contributed by atoms with E-state index >= 15 is 0 Å². The van der Waals surface area contributed by atoms with Crippen LogP contribution in [0.25, 0.3) is 0 Å². The second kappa shape index (κ2) is 3.72. The summed E-state index contributed by atoms with van der Waals surface area (Å²) in [4.78, 5) is 13.0. The standard InChI is InChI=1S/C8H15NO2/c1-3-4-9-5-8(10)11-6-7(9)2/h7H,3-6H2,1-2H3/t7-/m0/s1. The lowest BCUT2D eigenvalue weighted by Gasteiger charge is -2.31. The van der Waals surface area contributed by atoms with Gasteiger partial charge < -0.3 is 4.74 Å². The third-order valence-corrected chi connectivity index (χ3v) is 1.95. The van der Waals surface area contributed by atoms with Gasteiger partial charge in [-0.3, -0.25) is 9.69 Å². The number of cyclic esters (lactones) is 1. The van der Waals surface area contributed by atoms with E-state index in [9.17, 15) is 4.79 Å². The largest absolute Gasteiger partial charge is 0.463 e. The first-order valence-electron chi connectivity index (χ1n) is 4.13. The third-order valence-electron chi connectivity index (χ3n) is 1.95. The molecule has 0 unspecified atom stereocenters. The van der Waals surface area contributed by atoms with Crippen LogP contribution in [0.2, 0.25) is 0 Å². The van der Waals surface area contributed by atoms with Gasteiger partial charge in [0.05, 0.1) is 6.54 Å². The van der Waals surface area contributed by atoms with Crippen LogP contribution in [0.1, 0.15) is 20.3 Å². The molecule has 0 aliphatic carbocycles. The van der Waals surface area contributed by atoms with E-state index in [2.05, 4.69) is 18.7 Å². The minimum atomic E-state index is -0.0865. The number of carbonyl (C=O) groups excluding carboxylic acids is 1. The molecule has 1 fully saturated rings. The Labute approximate surface area is 67.3 Å². The summed E-state index contributed by atoms with van der Waals surface area (Å²) in [6, 6.07) is 0.396. The maximum absolute atomic E-state index is 10.8. The van der Waals surface area contributed by atoms with Gasteiger partial charge in [0.25, 0.3) is 0 Å². The van der Waals surface area contributed by atoms with Crippen molar-refractivity contribution in [2.45, 2.75) is 26.3 Å². The van der Waals surface area contributed by atoms with Crippen molar-refractivity contribution in [2.24, 2.45) is 0 Å². The number of carbonyl (C=O) groups is 1. The molecule has 11 heavy (non-hydrogen) atoms. The normalized spacial score (nSPS) is 26.7. The summed E-state index contributed by atoms with van der Waals surface area (Å²) in [6.45, 7) is 6.22. The van der Waals surface area contributed by atoms with Gasteiger partial charge >= 0.3 is 5.97 Å². The Balaban J connectivity index is 2.40. The van der Waals surface area contributed by atoms with Gasteiger partial charge in [-0.15, -0.1) is 0 Å². The van der Waals surface area contributed by atoms with Crippen molar-refractivity contribution in [1.29, 1.82) is 0 Å². The Bertz CT molecular complexity index is 147. The number of hydrogen-bond donors (Lipinski definition) is 0. The molecule has 0 amide bonds. The van der Waals surface area contributed by atoms with Crippen LogP contribution in [0, 0.1) is 0 Å². The summed E-state index contributed by atoms with van der Waals surface area (Å²) in [6.07, 6.45) is 1.09. The van der Waals surface area contributed by atoms with E-state index in [0.717, 1.165) is 13.0 Å². The van der Waals surface area contributed by atoms with E-state index in [1.807, 2.05) is 0 Å². The van der Waals surface area contributed by atoms with E-state index in [1.165, 1.54) is 0 Å². The minimum Gasteiger partial charge on any atom is -0.463 e. The quantitative estimate of drug-likeness (QED) is 0.551. The second-order valence-electron chi connectivity index (χ2n) is 3.00. The van der Waals surface area contributed by atoms with Crippen LogP contribution >= 0.6 is 0 Å². The van der Waals surface area contributed by atoms with Crippen LogP contribution in [0.3, 0.4) is 0 Å². The van der Waals surface area contributed by atoms with E-state index in [0.29, 0.717) is 19.2 Å². The van der Waals surface area contributed by atoms with Gasteiger partial charge in [-0.1, -0.05) is 6.92 Å². The molecule has 3 heteroatoms. The molecule has 0 aromatic carbocycles. The zero-order chi connectivity index (χ0) is 8.27. The molecule has 1 saturated heterocycles. The molecule has 0 saturated carbocycles. The highest BCUT2D eigenvalue weighted by molar-refractivity contribution is 5.72. The van der Waals surface area contributed by atoms with Crippen LogP contribution in [-0.4, -0.2) is 36.6 Å². The zero-order valence-electron chi connectivity index (χ0n) is 7.17. The first-order chi connectivity index (χ1) is 5.24. The van der Waals surface area contributed by atoms with Crippen molar-refractivity contribution in [2.75, 3.05) is 19.7 Å². The molecule has 0 aromatic rings. The maximum Gasteiger partial charge on any atom is 0.320 e. The molecular formula is C8H15NO2. The summed E-state index contributed by atoms with van der Waals surface area (Å²) < 4.78 is 4.89. The van der Waals surface area contributed by atoms with Crippen LogP contribution in [0.5, 0.6) is 0 Å². The average Bonchev–Trinajstić information content (AvgIpc) is 1.98. The number of nitrogens with zero attached hydrogens (tertiary/aromatic N) is 1. The Morgan fingerprint density at radius 1 is 1.73 bits per heavy atom. The van der Waals surface area contributed by atoms with E-state index in [1.54, 1.807) is 0 Å². The Morgan fingerprint density at radius 2 is 2.45 bits per heavy atom. The van der Waals surface area contributed by atoms with Gasteiger partial charge in [0, 0.05) is 6.04 Å². The molecule has 1 aliphatic heterocycles. The third kappa shape index (κ3) is 2.19. The first-order valence-corrected chi connectivity index (χ1v) is 4.13. The number of hydrogen-bond acceptors (Lipinski definition) is 3. The smallest absolute Gasteiger partial charge is 0.320 e. The van der Waals surface area contributed by atoms with Gasteiger partial charge in [-0.2, -0.15) is 0 Å². The van der Waals surface area contributed by atoms with Crippen LogP contribution in [-0.2, 0) is 9.53 Å². The molecule has 1 atom stereocenters. The molecule has 1 rings (SSSR count). The predicted octanol–water partition coefficient (Wildman–Crippen LogP) is 0.644. The van der Waals surface area contributed by atoms with Crippen LogP contribution in [0.4, 0.5) is 0 Å². The number of esters is 1. The summed E-state index contributed by atoms with van der Waals surface area (Å²) in [5, 5.41) is 0. The summed E-state index contributed by atoms with van der Waals surface area (Å²) in [5.41, 5.74) is 0. The Kier molecular flexibility index (Phi) is 2.88. The molecule has 0 spiro atoms. The molecule has 0 bridgehead atoms. The van der Waals surface area contributed by atoms with E-state index in [-0.39, 0.29) is 5.97 Å². The lowest BCUT2D eigenvalue weighted by Crippen LogP contribution is -2.46. The second-order valence-corrected chi connectivity index (χ2v) is 3.00. The highest BCUT2D eigenvalue weighted by atomic mass is 16.5. The highest BCUT2D eigenvalue weighted by Gasteiger charge is 2.23. The van der Waals surface area contributed by atoms with Gasteiger partial charge in [0.1, 0.15) is 6.61 Å². The van der Waals surface area contributed by atoms with Gasteiger partial charge in [-0.05, 0) is 19.9 Å². The summed E-state index contributed by atoms with van der Waals surface area (Å²) in [5.74, 6) is -0.0865. The molecule has 3 nitrogen and oxygen atoms in total. The SMILES string of the molecule is CCCN1CC(=O)OC[C@@H]1C. The molecule has 0 N–H and O–H groups in total. The van der Waals surface area contributed by atoms with Crippen molar-refractivity contribution in [3.05, 3.63) is 0 Å². The average molecular weight is 157 g/mol. The number of ether oxygens (including phenoxy) is 1. The van der Waals surface area contributed by atoms with Gasteiger partial charge in [-0.25, -0.2) is 0 Å². The molecule has 0 aromatic heterocycles. The Morgan fingerprint density at radius 3 is 3.09 bits per heavy atom. The van der Waals surface area contributed by atoms with E-state index in [4.69, 9.17) is 4.74 Å². The van der Waals surface area contributed by atoms with Gasteiger partial charge in [0.2, 0.25) is 0 Å². The van der Waals surface area contributed by atoms with Crippen molar-refractivity contribution in [1.82, 2.24) is 4.90 Å². The highest BCUT2D eigenvalue weighted by Crippen LogP contribution is 2.06. The van der Waals surface area contributed by atoms with Crippen molar-refractivity contribution >= 4 is 5.97 Å². The summed E-state index contributed by atoms with van der Waals surface area (Å²) >= 11 is 0. The fourth-order valence-electron chi connectivity index (χ4n) is 1.27. The monoisotopic (exact) mass is 157 g/mol. The summed E-state index contributed by atoms with van der Waals surface area (Å²) in [7, 11) is 0. The lowest BCUT2D eigenvalue weighted by molar-refractivity contribution is -0.153. The molecule has 1 heterocycles.